The van der Waals surface area contributed by atoms with E-state index in [1.54, 1.807) is 25.1 Å². The molecule has 0 spiro atoms. The third-order valence-corrected chi connectivity index (χ3v) is 3.43. The highest BCUT2D eigenvalue weighted by Gasteiger charge is 2.16. The van der Waals surface area contributed by atoms with Crippen molar-refractivity contribution in [2.24, 2.45) is 5.73 Å². The van der Waals surface area contributed by atoms with E-state index in [0.717, 1.165) is 5.56 Å². The van der Waals surface area contributed by atoms with Crippen LogP contribution in [0.3, 0.4) is 0 Å². The molecule has 0 saturated carbocycles. The summed E-state index contributed by atoms with van der Waals surface area (Å²) in [4.78, 5) is 12.3. The second-order valence-electron chi connectivity index (χ2n) is 5.07. The largest absolute Gasteiger partial charge is 0.507 e. The van der Waals surface area contributed by atoms with Crippen LogP contribution in [0.4, 0.5) is 0 Å². The zero-order valence-electron chi connectivity index (χ0n) is 12.0. The molecule has 110 valence electrons. The molecule has 2 aromatic carbocycles. The summed E-state index contributed by atoms with van der Waals surface area (Å²) in [6, 6.07) is 14.8. The molecule has 0 aliphatic heterocycles. The maximum atomic E-state index is 12.3. The van der Waals surface area contributed by atoms with Gasteiger partial charge in [-0.05, 0) is 30.5 Å². The molecule has 1 atom stereocenters. The molecule has 2 rings (SSSR count). The van der Waals surface area contributed by atoms with Crippen molar-refractivity contribution >= 4 is 5.91 Å². The minimum atomic E-state index is -0.303. The van der Waals surface area contributed by atoms with Gasteiger partial charge >= 0.3 is 0 Å². The first-order chi connectivity index (χ1) is 10.1. The van der Waals surface area contributed by atoms with E-state index in [1.165, 1.54) is 0 Å². The Balaban J connectivity index is 2.08. The van der Waals surface area contributed by atoms with E-state index < -0.39 is 0 Å². The number of hydrogen-bond donors (Lipinski definition) is 3. The Kier molecular flexibility index (Phi) is 4.95. The molecule has 0 saturated heterocycles. The summed E-state index contributed by atoms with van der Waals surface area (Å²) in [5.74, 6) is -0.284. The molecule has 1 amide bonds. The molecule has 4 nitrogen and oxygen atoms in total. The Morgan fingerprint density at radius 1 is 1.19 bits per heavy atom. The van der Waals surface area contributed by atoms with Crippen molar-refractivity contribution in [1.82, 2.24) is 5.32 Å². The molecular formula is C17H20N2O2. The lowest BCUT2D eigenvalue weighted by Crippen LogP contribution is -2.41. The fraction of sp³-hybridized carbons (Fsp3) is 0.235. The van der Waals surface area contributed by atoms with E-state index in [2.05, 4.69) is 5.32 Å². The number of phenolic OH excluding ortho intramolecular Hbond substituents is 1. The zero-order valence-corrected chi connectivity index (χ0v) is 12.0. The summed E-state index contributed by atoms with van der Waals surface area (Å²) < 4.78 is 0. The van der Waals surface area contributed by atoms with Crippen LogP contribution >= 0.6 is 0 Å². The van der Waals surface area contributed by atoms with Crippen LogP contribution in [0.2, 0.25) is 0 Å². The predicted octanol–water partition coefficient (Wildman–Crippen LogP) is 2.00. The van der Waals surface area contributed by atoms with Crippen molar-refractivity contribution in [2.75, 3.05) is 6.54 Å². The minimum absolute atomic E-state index is 0.0190. The van der Waals surface area contributed by atoms with Crippen LogP contribution < -0.4 is 11.1 Å². The number of para-hydroxylation sites is 1. The molecule has 4 heteroatoms. The standard InChI is InChI=1S/C17H20N2O2/c1-12-6-5-9-15(16(12)20)17(21)19-14(11-18)10-13-7-3-2-4-8-13/h2-9,14,20H,10-11,18H2,1H3,(H,19,21). The summed E-state index contributed by atoms with van der Waals surface area (Å²) in [5.41, 5.74) is 7.81. The topological polar surface area (TPSA) is 75.4 Å². The highest BCUT2D eigenvalue weighted by molar-refractivity contribution is 5.97. The van der Waals surface area contributed by atoms with Crippen molar-refractivity contribution in [3.05, 3.63) is 65.2 Å². The third kappa shape index (κ3) is 3.83. The number of phenols is 1. The summed E-state index contributed by atoms with van der Waals surface area (Å²) in [6.07, 6.45) is 0.662. The van der Waals surface area contributed by atoms with Gasteiger partial charge in [0.05, 0.1) is 5.56 Å². The highest BCUT2D eigenvalue weighted by atomic mass is 16.3. The van der Waals surface area contributed by atoms with Crippen molar-refractivity contribution in [2.45, 2.75) is 19.4 Å². The smallest absolute Gasteiger partial charge is 0.255 e. The van der Waals surface area contributed by atoms with E-state index in [1.807, 2.05) is 30.3 Å². The van der Waals surface area contributed by atoms with Gasteiger partial charge in [-0.3, -0.25) is 4.79 Å². The van der Waals surface area contributed by atoms with Crippen molar-refractivity contribution in [1.29, 1.82) is 0 Å². The van der Waals surface area contributed by atoms with Gasteiger partial charge in [-0.2, -0.15) is 0 Å². The van der Waals surface area contributed by atoms with Crippen LogP contribution in [0.15, 0.2) is 48.5 Å². The summed E-state index contributed by atoms with van der Waals surface area (Å²) in [6.45, 7) is 2.10. The van der Waals surface area contributed by atoms with Crippen molar-refractivity contribution in [3.8, 4) is 5.75 Å². The van der Waals surface area contributed by atoms with E-state index in [0.29, 0.717) is 18.5 Å². The fourth-order valence-corrected chi connectivity index (χ4v) is 2.20. The van der Waals surface area contributed by atoms with Gasteiger partial charge in [0.15, 0.2) is 0 Å². The average molecular weight is 284 g/mol. The summed E-state index contributed by atoms with van der Waals surface area (Å²) in [5, 5.41) is 12.8. The third-order valence-electron chi connectivity index (χ3n) is 3.43. The first-order valence-electron chi connectivity index (χ1n) is 6.95. The first-order valence-corrected chi connectivity index (χ1v) is 6.95. The van der Waals surface area contributed by atoms with Crippen LogP contribution in [0.5, 0.6) is 5.75 Å². The number of carbonyl (C=O) groups excluding carboxylic acids is 1. The lowest BCUT2D eigenvalue weighted by molar-refractivity contribution is 0.0935. The quantitative estimate of drug-likeness (QED) is 0.786. The number of amides is 1. The second-order valence-corrected chi connectivity index (χ2v) is 5.07. The maximum Gasteiger partial charge on any atom is 0.255 e. The van der Waals surface area contributed by atoms with Crippen molar-refractivity contribution < 1.29 is 9.90 Å². The van der Waals surface area contributed by atoms with E-state index in [4.69, 9.17) is 5.73 Å². The van der Waals surface area contributed by atoms with Crippen LogP contribution in [0.25, 0.3) is 0 Å². The van der Waals surface area contributed by atoms with Crippen LogP contribution in [0.1, 0.15) is 21.5 Å². The highest BCUT2D eigenvalue weighted by Crippen LogP contribution is 2.21. The number of benzene rings is 2. The van der Waals surface area contributed by atoms with E-state index >= 15 is 0 Å². The predicted molar refractivity (Wildman–Crippen MR) is 83.3 cm³/mol. The maximum absolute atomic E-state index is 12.3. The minimum Gasteiger partial charge on any atom is -0.507 e. The number of aryl methyl sites for hydroxylation is 1. The Bertz CT molecular complexity index is 611. The lowest BCUT2D eigenvalue weighted by atomic mass is 10.0. The van der Waals surface area contributed by atoms with Crippen molar-refractivity contribution in [3.63, 3.8) is 0 Å². The summed E-state index contributed by atoms with van der Waals surface area (Å²) >= 11 is 0. The van der Waals surface area contributed by atoms with E-state index in [-0.39, 0.29) is 23.3 Å². The van der Waals surface area contributed by atoms with Gasteiger partial charge in [-0.15, -0.1) is 0 Å². The van der Waals surface area contributed by atoms with Crippen LogP contribution in [0, 0.1) is 6.92 Å². The molecule has 4 N–H and O–H groups in total. The van der Waals surface area contributed by atoms with Gasteiger partial charge < -0.3 is 16.2 Å². The normalized spacial score (nSPS) is 11.9. The van der Waals surface area contributed by atoms with Gasteiger partial charge in [0.1, 0.15) is 5.75 Å². The number of nitrogens with one attached hydrogen (secondary N) is 1. The number of aromatic hydroxyl groups is 1. The molecule has 0 aromatic heterocycles. The average Bonchev–Trinajstić information content (AvgIpc) is 2.50. The molecule has 0 aliphatic rings. The van der Waals surface area contributed by atoms with Gasteiger partial charge in [0, 0.05) is 12.6 Å². The Labute approximate surface area is 124 Å². The summed E-state index contributed by atoms with van der Waals surface area (Å²) in [7, 11) is 0. The molecule has 21 heavy (non-hydrogen) atoms. The van der Waals surface area contributed by atoms with Crippen LogP contribution in [-0.2, 0) is 6.42 Å². The zero-order chi connectivity index (χ0) is 15.2. The molecule has 0 fully saturated rings. The number of rotatable bonds is 5. The molecule has 0 radical (unpaired) electrons. The number of nitrogens with two attached hydrogens (primary N) is 1. The SMILES string of the molecule is Cc1cccc(C(=O)NC(CN)Cc2ccccc2)c1O. The van der Waals surface area contributed by atoms with Gasteiger partial charge in [-0.1, -0.05) is 42.5 Å². The van der Waals surface area contributed by atoms with E-state index in [9.17, 15) is 9.90 Å². The van der Waals surface area contributed by atoms with Gasteiger partial charge in [0.25, 0.3) is 5.91 Å². The molecule has 2 aromatic rings. The molecule has 0 heterocycles. The lowest BCUT2D eigenvalue weighted by Gasteiger charge is -2.17. The molecule has 0 aliphatic carbocycles. The number of hydrogen-bond acceptors (Lipinski definition) is 3. The Morgan fingerprint density at radius 2 is 1.90 bits per heavy atom. The molecule has 1 unspecified atom stereocenters. The van der Waals surface area contributed by atoms with Crippen LogP contribution in [-0.4, -0.2) is 23.6 Å². The number of carbonyl (C=O) groups is 1. The monoisotopic (exact) mass is 284 g/mol. The Morgan fingerprint density at radius 3 is 2.57 bits per heavy atom. The molecular weight excluding hydrogens is 264 g/mol. The second kappa shape index (κ2) is 6.90. The fourth-order valence-electron chi connectivity index (χ4n) is 2.20. The Hall–Kier alpha value is -2.33. The molecule has 0 bridgehead atoms. The first kappa shape index (κ1) is 15.1. The van der Waals surface area contributed by atoms with Gasteiger partial charge in [-0.25, -0.2) is 0 Å². The van der Waals surface area contributed by atoms with Gasteiger partial charge in [0.2, 0.25) is 0 Å².